The minimum Gasteiger partial charge on any atom is -0.192 e. The highest BCUT2D eigenvalue weighted by Gasteiger charge is 2.07. The standard InChI is InChI=1S/C10H5Br2NS/c11-3-6-2-10-8(1-7(6)4-13)9(12)5-14-10/h1-2,5H,3H2. The highest BCUT2D eigenvalue weighted by molar-refractivity contribution is 9.10. The molecule has 0 amide bonds. The van der Waals surface area contributed by atoms with E-state index in [0.29, 0.717) is 0 Å². The van der Waals surface area contributed by atoms with Gasteiger partial charge < -0.3 is 0 Å². The smallest absolute Gasteiger partial charge is 0.0995 e. The van der Waals surface area contributed by atoms with Crippen LogP contribution >= 0.6 is 43.2 Å². The summed E-state index contributed by atoms with van der Waals surface area (Å²) in [5, 5.41) is 12.8. The quantitative estimate of drug-likeness (QED) is 0.709. The summed E-state index contributed by atoms with van der Waals surface area (Å²) in [6.45, 7) is 0. The molecule has 0 radical (unpaired) electrons. The summed E-state index contributed by atoms with van der Waals surface area (Å²) in [6, 6.07) is 6.21. The molecule has 1 nitrogen and oxygen atoms in total. The Balaban J connectivity index is 2.79. The maximum absolute atomic E-state index is 8.95. The van der Waals surface area contributed by atoms with Gasteiger partial charge >= 0.3 is 0 Å². The number of hydrogen-bond acceptors (Lipinski definition) is 2. The van der Waals surface area contributed by atoms with Crippen molar-refractivity contribution in [1.82, 2.24) is 0 Å². The molecule has 0 saturated carbocycles. The fraction of sp³-hybridized carbons (Fsp3) is 0.100. The average molecular weight is 331 g/mol. The molecule has 4 heteroatoms. The van der Waals surface area contributed by atoms with Gasteiger partial charge in [-0.2, -0.15) is 5.26 Å². The van der Waals surface area contributed by atoms with Crippen LogP contribution in [0.1, 0.15) is 11.1 Å². The molecular formula is C10H5Br2NS. The summed E-state index contributed by atoms with van der Waals surface area (Å²) in [5.74, 6) is 0. The van der Waals surface area contributed by atoms with E-state index in [1.807, 2.05) is 11.4 Å². The molecule has 0 aliphatic rings. The number of benzene rings is 1. The fourth-order valence-corrected chi connectivity index (χ4v) is 3.37. The van der Waals surface area contributed by atoms with Crippen LogP contribution < -0.4 is 0 Å². The Morgan fingerprint density at radius 2 is 2.21 bits per heavy atom. The minimum absolute atomic E-state index is 0.724. The molecule has 1 aromatic carbocycles. The normalized spacial score (nSPS) is 10.4. The van der Waals surface area contributed by atoms with Gasteiger partial charge in [-0.25, -0.2) is 0 Å². The number of alkyl halides is 1. The first-order chi connectivity index (χ1) is 6.76. The molecule has 0 aliphatic carbocycles. The summed E-state index contributed by atoms with van der Waals surface area (Å²) >= 11 is 8.53. The fourth-order valence-electron chi connectivity index (χ4n) is 1.30. The molecule has 0 aliphatic heterocycles. The van der Waals surface area contributed by atoms with Gasteiger partial charge in [0, 0.05) is 25.3 Å². The molecule has 0 N–H and O–H groups in total. The van der Waals surface area contributed by atoms with Crippen LogP contribution in [-0.4, -0.2) is 0 Å². The number of nitriles is 1. The Bertz CT molecular complexity index is 525. The van der Waals surface area contributed by atoms with Crippen LogP contribution in [0.15, 0.2) is 22.0 Å². The summed E-state index contributed by atoms with van der Waals surface area (Å²) in [7, 11) is 0. The second kappa shape index (κ2) is 4.01. The molecule has 2 rings (SSSR count). The van der Waals surface area contributed by atoms with E-state index >= 15 is 0 Å². The van der Waals surface area contributed by atoms with Crippen molar-refractivity contribution in [2.45, 2.75) is 5.33 Å². The van der Waals surface area contributed by atoms with Gasteiger partial charge in [-0.3, -0.25) is 0 Å². The lowest BCUT2D eigenvalue weighted by Gasteiger charge is -1.99. The Morgan fingerprint density at radius 3 is 2.86 bits per heavy atom. The van der Waals surface area contributed by atoms with Gasteiger partial charge in [0.2, 0.25) is 0 Å². The second-order valence-corrected chi connectivity index (χ2v) is 5.16. The van der Waals surface area contributed by atoms with E-state index in [1.165, 1.54) is 4.70 Å². The van der Waals surface area contributed by atoms with Gasteiger partial charge in [-0.05, 0) is 33.6 Å². The lowest BCUT2D eigenvalue weighted by Crippen LogP contribution is -1.84. The third kappa shape index (κ3) is 1.60. The van der Waals surface area contributed by atoms with Crippen LogP contribution in [0.5, 0.6) is 0 Å². The summed E-state index contributed by atoms with van der Waals surface area (Å²) < 4.78 is 2.28. The molecule has 2 aromatic rings. The van der Waals surface area contributed by atoms with Gasteiger partial charge in [-0.1, -0.05) is 15.9 Å². The van der Waals surface area contributed by atoms with Crippen molar-refractivity contribution in [1.29, 1.82) is 5.26 Å². The predicted molar refractivity (Wildman–Crippen MR) is 66.9 cm³/mol. The first kappa shape index (κ1) is 10.2. The van der Waals surface area contributed by atoms with Gasteiger partial charge in [0.1, 0.15) is 0 Å². The average Bonchev–Trinajstić information content (AvgIpc) is 2.58. The zero-order valence-electron chi connectivity index (χ0n) is 7.05. The van der Waals surface area contributed by atoms with Gasteiger partial charge in [-0.15, -0.1) is 11.3 Å². The largest absolute Gasteiger partial charge is 0.192 e. The molecule has 14 heavy (non-hydrogen) atoms. The molecule has 1 aromatic heterocycles. The van der Waals surface area contributed by atoms with E-state index in [9.17, 15) is 0 Å². The van der Waals surface area contributed by atoms with E-state index in [4.69, 9.17) is 5.26 Å². The van der Waals surface area contributed by atoms with Gasteiger partial charge in [0.05, 0.1) is 11.6 Å². The van der Waals surface area contributed by atoms with Gasteiger partial charge in [0.15, 0.2) is 0 Å². The molecule has 0 atom stereocenters. The zero-order valence-corrected chi connectivity index (χ0v) is 11.0. The van der Waals surface area contributed by atoms with Crippen LogP contribution in [0.3, 0.4) is 0 Å². The number of nitrogens with zero attached hydrogens (tertiary/aromatic N) is 1. The molecule has 0 unspecified atom stereocenters. The van der Waals surface area contributed by atoms with Crippen molar-refractivity contribution < 1.29 is 0 Å². The van der Waals surface area contributed by atoms with Crippen molar-refractivity contribution in [3.05, 3.63) is 33.1 Å². The van der Waals surface area contributed by atoms with Crippen molar-refractivity contribution in [2.24, 2.45) is 0 Å². The van der Waals surface area contributed by atoms with E-state index in [1.54, 1.807) is 11.3 Å². The molecular weight excluding hydrogens is 326 g/mol. The van der Waals surface area contributed by atoms with Crippen molar-refractivity contribution >= 4 is 53.3 Å². The molecule has 0 bridgehead atoms. The van der Waals surface area contributed by atoms with Crippen molar-refractivity contribution in [3.8, 4) is 6.07 Å². The second-order valence-electron chi connectivity index (χ2n) is 2.83. The number of halogens is 2. The number of rotatable bonds is 1. The summed E-state index contributed by atoms with van der Waals surface area (Å²) in [5.41, 5.74) is 1.79. The van der Waals surface area contributed by atoms with Crippen molar-refractivity contribution in [3.63, 3.8) is 0 Å². The summed E-state index contributed by atoms with van der Waals surface area (Å²) in [6.07, 6.45) is 0. The Hall–Kier alpha value is -0.370. The summed E-state index contributed by atoms with van der Waals surface area (Å²) in [4.78, 5) is 0. The lowest BCUT2D eigenvalue weighted by atomic mass is 10.1. The third-order valence-corrected chi connectivity index (χ3v) is 4.52. The predicted octanol–water partition coefficient (Wildman–Crippen LogP) is 4.43. The first-order valence-electron chi connectivity index (χ1n) is 3.92. The highest BCUT2D eigenvalue weighted by Crippen LogP contribution is 2.32. The number of fused-ring (bicyclic) bond motifs is 1. The molecule has 0 fully saturated rings. The third-order valence-electron chi connectivity index (χ3n) is 2.02. The minimum atomic E-state index is 0.724. The van der Waals surface area contributed by atoms with Crippen LogP contribution in [0.2, 0.25) is 0 Å². The van der Waals surface area contributed by atoms with Crippen LogP contribution in [0.25, 0.3) is 10.1 Å². The zero-order chi connectivity index (χ0) is 10.1. The Kier molecular flexibility index (Phi) is 2.91. The molecule has 0 spiro atoms. The van der Waals surface area contributed by atoms with E-state index in [0.717, 1.165) is 26.3 Å². The SMILES string of the molecule is N#Cc1cc2c(Br)csc2cc1CBr. The lowest BCUT2D eigenvalue weighted by molar-refractivity contribution is 1.40. The molecule has 1 heterocycles. The highest BCUT2D eigenvalue weighted by atomic mass is 79.9. The van der Waals surface area contributed by atoms with Crippen LogP contribution in [-0.2, 0) is 5.33 Å². The topological polar surface area (TPSA) is 23.8 Å². The van der Waals surface area contributed by atoms with Crippen LogP contribution in [0.4, 0.5) is 0 Å². The van der Waals surface area contributed by atoms with E-state index in [2.05, 4.69) is 44.0 Å². The van der Waals surface area contributed by atoms with Crippen LogP contribution in [0, 0.1) is 11.3 Å². The Labute approximate surface area is 103 Å². The number of hydrogen-bond donors (Lipinski definition) is 0. The van der Waals surface area contributed by atoms with Crippen molar-refractivity contribution in [2.75, 3.05) is 0 Å². The van der Waals surface area contributed by atoms with E-state index in [-0.39, 0.29) is 0 Å². The van der Waals surface area contributed by atoms with Gasteiger partial charge in [0.25, 0.3) is 0 Å². The number of thiophene rings is 1. The monoisotopic (exact) mass is 329 g/mol. The first-order valence-corrected chi connectivity index (χ1v) is 6.71. The Morgan fingerprint density at radius 1 is 1.43 bits per heavy atom. The van der Waals surface area contributed by atoms with E-state index < -0.39 is 0 Å². The maximum atomic E-state index is 8.95. The maximum Gasteiger partial charge on any atom is 0.0995 e. The molecule has 70 valence electrons. The molecule has 0 saturated heterocycles.